The van der Waals surface area contributed by atoms with E-state index in [1.807, 2.05) is 18.4 Å². The van der Waals surface area contributed by atoms with Crippen LogP contribution >= 0.6 is 0 Å². The maximum Gasteiger partial charge on any atom is 0.233 e. The van der Waals surface area contributed by atoms with E-state index in [2.05, 4.69) is 36.4 Å². The molecule has 2 aromatic rings. The molecule has 0 aliphatic heterocycles. The lowest BCUT2D eigenvalue weighted by Gasteiger charge is -2.18. The number of carbonyl (C=O) groups excluding carboxylic acids is 1. The Labute approximate surface area is 107 Å². The summed E-state index contributed by atoms with van der Waals surface area (Å²) in [6.45, 7) is 0. The monoisotopic (exact) mass is 233 g/mol. The molecule has 0 bridgehead atoms. The van der Waals surface area contributed by atoms with Crippen LogP contribution in [0.2, 0.25) is 0 Å². The molecule has 18 heavy (non-hydrogen) atoms. The molecule has 0 heterocycles. The van der Waals surface area contributed by atoms with E-state index in [0.717, 1.165) is 18.4 Å². The third kappa shape index (κ3) is 1.88. The molecule has 2 aromatic carbocycles. The molecule has 0 aromatic heterocycles. The second kappa shape index (κ2) is 4.61. The van der Waals surface area contributed by atoms with Crippen molar-refractivity contribution in [2.45, 2.75) is 12.8 Å². The quantitative estimate of drug-likeness (QED) is 0.775. The number of fused-ring (bicyclic) bond motifs is 1. The Morgan fingerprint density at radius 1 is 1.00 bits per heavy atom. The number of aryl methyl sites for hydroxylation is 1. The van der Waals surface area contributed by atoms with Crippen molar-refractivity contribution in [2.75, 3.05) is 0 Å². The molecule has 1 aliphatic rings. The van der Waals surface area contributed by atoms with Gasteiger partial charge in [0, 0.05) is 5.56 Å². The molecule has 1 radical (unpaired) electrons. The topological polar surface area (TPSA) is 17.1 Å². The minimum absolute atomic E-state index is 0.608. The highest BCUT2D eigenvalue weighted by Gasteiger charge is 2.13. The summed E-state index contributed by atoms with van der Waals surface area (Å²) in [5.74, 6) is 0. The van der Waals surface area contributed by atoms with E-state index in [1.54, 1.807) is 6.07 Å². The van der Waals surface area contributed by atoms with E-state index < -0.39 is 0 Å². The van der Waals surface area contributed by atoms with Gasteiger partial charge in [0.1, 0.15) is 0 Å². The molecule has 0 saturated heterocycles. The van der Waals surface area contributed by atoms with Crippen LogP contribution in [-0.4, -0.2) is 6.29 Å². The van der Waals surface area contributed by atoms with Gasteiger partial charge >= 0.3 is 0 Å². The van der Waals surface area contributed by atoms with Gasteiger partial charge in [0.15, 0.2) is 0 Å². The first-order valence-corrected chi connectivity index (χ1v) is 6.15. The summed E-state index contributed by atoms with van der Waals surface area (Å²) in [6.07, 6.45) is 6.36. The van der Waals surface area contributed by atoms with Crippen LogP contribution in [0.25, 0.3) is 5.57 Å². The third-order valence-corrected chi connectivity index (χ3v) is 3.36. The van der Waals surface area contributed by atoms with Gasteiger partial charge in [0.2, 0.25) is 6.29 Å². The van der Waals surface area contributed by atoms with Crippen LogP contribution in [0.15, 0.2) is 54.6 Å². The highest BCUT2D eigenvalue weighted by molar-refractivity contribution is 5.85. The second-order valence-electron chi connectivity index (χ2n) is 4.50. The molecule has 0 amide bonds. The van der Waals surface area contributed by atoms with Gasteiger partial charge in [-0.25, -0.2) is 0 Å². The molecule has 0 saturated carbocycles. The highest BCUT2D eigenvalue weighted by Crippen LogP contribution is 2.31. The molecule has 0 unspecified atom stereocenters. The lowest BCUT2D eigenvalue weighted by molar-refractivity contribution is 0.563. The summed E-state index contributed by atoms with van der Waals surface area (Å²) in [5, 5.41) is 0. The Balaban J connectivity index is 2.11. The molecular formula is C17H13O. The molecule has 1 heteroatoms. The zero-order chi connectivity index (χ0) is 12.4. The first kappa shape index (κ1) is 11.0. The predicted molar refractivity (Wildman–Crippen MR) is 73.1 cm³/mol. The van der Waals surface area contributed by atoms with Crippen LogP contribution in [-0.2, 0) is 11.2 Å². The minimum atomic E-state index is 0.608. The van der Waals surface area contributed by atoms with Crippen LogP contribution in [0.4, 0.5) is 0 Å². The summed E-state index contributed by atoms with van der Waals surface area (Å²) < 4.78 is 0. The Bertz CT molecular complexity index is 623. The fourth-order valence-electron chi connectivity index (χ4n) is 2.51. The van der Waals surface area contributed by atoms with Gasteiger partial charge in [0.05, 0.1) is 0 Å². The van der Waals surface area contributed by atoms with Gasteiger partial charge in [0.25, 0.3) is 0 Å². The summed E-state index contributed by atoms with van der Waals surface area (Å²) in [5.41, 5.74) is 5.61. The summed E-state index contributed by atoms with van der Waals surface area (Å²) in [7, 11) is 0. The first-order valence-electron chi connectivity index (χ1n) is 6.15. The largest absolute Gasteiger partial charge is 0.285 e. The van der Waals surface area contributed by atoms with Crippen molar-refractivity contribution in [2.24, 2.45) is 0 Å². The standard InChI is InChI=1S/C17H13O/c18-12-13-5-3-8-15(11-13)17-10-4-7-14-6-1-2-9-16(14)17/h1-3,5-6,8-11H,4,7H2. The SMILES string of the molecule is O=[C]c1cccc(C2=CCCc3ccccc32)c1. The van der Waals surface area contributed by atoms with E-state index >= 15 is 0 Å². The lowest BCUT2D eigenvalue weighted by Crippen LogP contribution is -2.00. The molecule has 87 valence electrons. The molecule has 0 N–H and O–H groups in total. The van der Waals surface area contributed by atoms with E-state index in [1.165, 1.54) is 16.7 Å². The number of rotatable bonds is 2. The van der Waals surface area contributed by atoms with Crippen molar-refractivity contribution in [3.05, 3.63) is 76.9 Å². The Hall–Kier alpha value is -2.15. The molecule has 0 fully saturated rings. The molecule has 3 rings (SSSR count). The highest BCUT2D eigenvalue weighted by atomic mass is 16.1. The second-order valence-corrected chi connectivity index (χ2v) is 4.50. The zero-order valence-electron chi connectivity index (χ0n) is 10.0. The van der Waals surface area contributed by atoms with Crippen molar-refractivity contribution in [3.8, 4) is 0 Å². The lowest BCUT2D eigenvalue weighted by atomic mass is 9.87. The van der Waals surface area contributed by atoms with Crippen LogP contribution < -0.4 is 0 Å². The van der Waals surface area contributed by atoms with E-state index in [-0.39, 0.29) is 0 Å². The summed E-state index contributed by atoms with van der Waals surface area (Å²) in [4.78, 5) is 10.7. The fourth-order valence-corrected chi connectivity index (χ4v) is 2.51. The summed E-state index contributed by atoms with van der Waals surface area (Å²) in [6, 6.07) is 16.1. The summed E-state index contributed by atoms with van der Waals surface area (Å²) >= 11 is 0. The number of hydrogen-bond acceptors (Lipinski definition) is 1. The van der Waals surface area contributed by atoms with Gasteiger partial charge in [-0.3, -0.25) is 4.79 Å². The van der Waals surface area contributed by atoms with Crippen LogP contribution in [0.3, 0.4) is 0 Å². The average molecular weight is 233 g/mol. The Morgan fingerprint density at radius 3 is 2.78 bits per heavy atom. The smallest absolute Gasteiger partial charge is 0.233 e. The van der Waals surface area contributed by atoms with Crippen molar-refractivity contribution in [3.63, 3.8) is 0 Å². The van der Waals surface area contributed by atoms with Crippen LogP contribution in [0.1, 0.15) is 28.7 Å². The molecule has 1 aliphatic carbocycles. The van der Waals surface area contributed by atoms with Crippen molar-refractivity contribution in [1.82, 2.24) is 0 Å². The number of allylic oxidation sites excluding steroid dienone is 1. The molecule has 0 atom stereocenters. The maximum absolute atomic E-state index is 10.7. The van der Waals surface area contributed by atoms with Crippen LogP contribution in [0, 0.1) is 0 Å². The molecule has 1 nitrogen and oxygen atoms in total. The van der Waals surface area contributed by atoms with Crippen LogP contribution in [0.5, 0.6) is 0 Å². The van der Waals surface area contributed by atoms with Gasteiger partial charge in [-0.15, -0.1) is 0 Å². The third-order valence-electron chi connectivity index (χ3n) is 3.36. The number of benzene rings is 2. The van der Waals surface area contributed by atoms with Crippen molar-refractivity contribution < 1.29 is 4.79 Å². The Morgan fingerprint density at radius 2 is 1.89 bits per heavy atom. The van der Waals surface area contributed by atoms with Gasteiger partial charge < -0.3 is 0 Å². The van der Waals surface area contributed by atoms with E-state index in [4.69, 9.17) is 0 Å². The van der Waals surface area contributed by atoms with Gasteiger partial charge in [-0.05, 0) is 41.2 Å². The van der Waals surface area contributed by atoms with Crippen molar-refractivity contribution >= 4 is 11.9 Å². The van der Waals surface area contributed by atoms with E-state index in [9.17, 15) is 4.79 Å². The minimum Gasteiger partial charge on any atom is -0.285 e. The maximum atomic E-state index is 10.7. The Kier molecular flexibility index (Phi) is 2.81. The van der Waals surface area contributed by atoms with Crippen molar-refractivity contribution in [1.29, 1.82) is 0 Å². The first-order chi connectivity index (χ1) is 8.88. The zero-order valence-corrected chi connectivity index (χ0v) is 10.0. The molecular weight excluding hydrogens is 220 g/mol. The number of hydrogen-bond donors (Lipinski definition) is 0. The van der Waals surface area contributed by atoms with Gasteiger partial charge in [-0.2, -0.15) is 0 Å². The van der Waals surface area contributed by atoms with E-state index in [0.29, 0.717) is 5.56 Å². The predicted octanol–water partition coefficient (Wildman–Crippen LogP) is 3.52. The molecule has 0 spiro atoms. The average Bonchev–Trinajstić information content (AvgIpc) is 2.47. The normalized spacial score (nSPS) is 13.7. The fraction of sp³-hybridized carbons (Fsp3) is 0.118. The van der Waals surface area contributed by atoms with Gasteiger partial charge in [-0.1, -0.05) is 48.5 Å².